The predicted octanol–water partition coefficient (Wildman–Crippen LogP) is 4.12. The zero-order chi connectivity index (χ0) is 12.6. The topological polar surface area (TPSA) is 38.9 Å². The second-order valence-corrected chi connectivity index (χ2v) is 5.11. The Balaban J connectivity index is 2.83. The van der Waals surface area contributed by atoms with Crippen LogP contribution in [0, 0.1) is 0 Å². The first-order chi connectivity index (χ1) is 8.04. The van der Waals surface area contributed by atoms with E-state index in [4.69, 9.17) is 28.9 Å². The van der Waals surface area contributed by atoms with Crippen LogP contribution in [0.5, 0.6) is 0 Å². The molecule has 2 N–H and O–H groups in total. The van der Waals surface area contributed by atoms with Gasteiger partial charge in [-0.1, -0.05) is 43.1 Å². The summed E-state index contributed by atoms with van der Waals surface area (Å²) in [5.74, 6) is 0.333. The normalized spacial score (nSPS) is 11.4. The van der Waals surface area contributed by atoms with E-state index in [1.54, 1.807) is 6.07 Å². The molecule has 0 bridgehead atoms. The molecule has 0 radical (unpaired) electrons. The highest BCUT2D eigenvalue weighted by atomic mass is 35.5. The van der Waals surface area contributed by atoms with Gasteiger partial charge in [-0.3, -0.25) is 4.98 Å². The van der Waals surface area contributed by atoms with E-state index in [1.807, 2.05) is 12.1 Å². The number of halogens is 2. The molecule has 2 rings (SSSR count). The van der Waals surface area contributed by atoms with Gasteiger partial charge in [0, 0.05) is 17.6 Å². The minimum atomic E-state index is 0.333. The highest BCUT2D eigenvalue weighted by Crippen LogP contribution is 2.32. The van der Waals surface area contributed by atoms with Crippen molar-refractivity contribution in [1.29, 1.82) is 0 Å². The third kappa shape index (κ3) is 2.25. The fourth-order valence-corrected chi connectivity index (χ4v) is 2.15. The van der Waals surface area contributed by atoms with Crippen molar-refractivity contribution >= 4 is 34.1 Å². The number of pyridine rings is 1. The number of rotatable bonds is 2. The van der Waals surface area contributed by atoms with Crippen molar-refractivity contribution in [1.82, 2.24) is 4.98 Å². The van der Waals surface area contributed by atoms with Gasteiger partial charge in [-0.25, -0.2) is 0 Å². The van der Waals surface area contributed by atoms with Crippen LogP contribution in [0.2, 0.25) is 10.0 Å². The lowest BCUT2D eigenvalue weighted by Gasteiger charge is -2.12. The maximum atomic E-state index is 6.20. The summed E-state index contributed by atoms with van der Waals surface area (Å²) in [6.07, 6.45) is 0. The summed E-state index contributed by atoms with van der Waals surface area (Å²) in [5.41, 5.74) is 8.55. The first kappa shape index (κ1) is 12.6. The Morgan fingerprint density at radius 2 is 2.00 bits per heavy atom. The van der Waals surface area contributed by atoms with Crippen LogP contribution in [0.1, 0.15) is 31.0 Å². The van der Waals surface area contributed by atoms with E-state index >= 15 is 0 Å². The number of aromatic nitrogens is 1. The first-order valence-electron chi connectivity index (χ1n) is 5.52. The third-order valence-electron chi connectivity index (χ3n) is 2.79. The van der Waals surface area contributed by atoms with Gasteiger partial charge >= 0.3 is 0 Å². The Labute approximate surface area is 111 Å². The molecule has 2 aromatic rings. The van der Waals surface area contributed by atoms with E-state index in [9.17, 15) is 0 Å². The monoisotopic (exact) mass is 268 g/mol. The number of nitrogens with zero attached hydrogens (tertiary/aromatic N) is 1. The van der Waals surface area contributed by atoms with Gasteiger partial charge in [-0.2, -0.15) is 0 Å². The van der Waals surface area contributed by atoms with Crippen LogP contribution in [0.25, 0.3) is 10.9 Å². The lowest BCUT2D eigenvalue weighted by atomic mass is 10.0. The van der Waals surface area contributed by atoms with Gasteiger partial charge in [0.15, 0.2) is 0 Å². The highest BCUT2D eigenvalue weighted by Gasteiger charge is 2.11. The Kier molecular flexibility index (Phi) is 3.57. The van der Waals surface area contributed by atoms with E-state index in [1.165, 1.54) is 0 Å². The number of nitrogens with two attached hydrogens (primary N) is 1. The molecule has 17 heavy (non-hydrogen) atoms. The predicted molar refractivity (Wildman–Crippen MR) is 73.7 cm³/mol. The number of hydrogen-bond acceptors (Lipinski definition) is 2. The summed E-state index contributed by atoms with van der Waals surface area (Å²) in [6.45, 7) is 4.65. The SMILES string of the molecule is CC(C)c1cc(CN)c2ccc(Cl)c(Cl)c2n1. The Morgan fingerprint density at radius 1 is 1.29 bits per heavy atom. The molecule has 0 fully saturated rings. The van der Waals surface area contributed by atoms with Gasteiger partial charge in [0.05, 0.1) is 15.6 Å². The molecule has 0 aliphatic heterocycles. The molecule has 0 unspecified atom stereocenters. The maximum Gasteiger partial charge on any atom is 0.0910 e. The van der Waals surface area contributed by atoms with Crippen molar-refractivity contribution in [3.63, 3.8) is 0 Å². The van der Waals surface area contributed by atoms with Crippen LogP contribution in [-0.2, 0) is 6.54 Å². The van der Waals surface area contributed by atoms with Crippen molar-refractivity contribution in [2.75, 3.05) is 0 Å². The van der Waals surface area contributed by atoms with Crippen molar-refractivity contribution < 1.29 is 0 Å². The summed E-state index contributed by atoms with van der Waals surface area (Å²) in [6, 6.07) is 5.74. The summed E-state index contributed by atoms with van der Waals surface area (Å²) in [7, 11) is 0. The van der Waals surface area contributed by atoms with Gasteiger partial charge in [0.1, 0.15) is 0 Å². The van der Waals surface area contributed by atoms with E-state index in [-0.39, 0.29) is 0 Å². The van der Waals surface area contributed by atoms with Gasteiger partial charge < -0.3 is 5.73 Å². The van der Waals surface area contributed by atoms with Gasteiger partial charge in [-0.15, -0.1) is 0 Å². The number of fused-ring (bicyclic) bond motifs is 1. The fraction of sp³-hybridized carbons (Fsp3) is 0.308. The Morgan fingerprint density at radius 3 is 2.59 bits per heavy atom. The molecule has 0 spiro atoms. The summed E-state index contributed by atoms with van der Waals surface area (Å²) >= 11 is 12.2. The zero-order valence-corrected chi connectivity index (χ0v) is 11.3. The second-order valence-electron chi connectivity index (χ2n) is 4.32. The molecule has 0 amide bonds. The first-order valence-corrected chi connectivity index (χ1v) is 6.27. The largest absolute Gasteiger partial charge is 0.326 e. The summed E-state index contributed by atoms with van der Waals surface area (Å²) in [5, 5.41) is 2.00. The molecular formula is C13H14Cl2N2. The van der Waals surface area contributed by atoms with Gasteiger partial charge in [0.25, 0.3) is 0 Å². The second kappa shape index (κ2) is 4.81. The van der Waals surface area contributed by atoms with Gasteiger partial charge in [-0.05, 0) is 23.6 Å². The lowest BCUT2D eigenvalue weighted by Crippen LogP contribution is -2.02. The average Bonchev–Trinajstić information content (AvgIpc) is 2.32. The van der Waals surface area contributed by atoms with Crippen LogP contribution in [0.4, 0.5) is 0 Å². The average molecular weight is 269 g/mol. The molecule has 2 nitrogen and oxygen atoms in total. The lowest BCUT2D eigenvalue weighted by molar-refractivity contribution is 0.825. The van der Waals surface area contributed by atoms with Gasteiger partial charge in [0.2, 0.25) is 0 Å². The van der Waals surface area contributed by atoms with Crippen molar-refractivity contribution in [3.8, 4) is 0 Å². The van der Waals surface area contributed by atoms with Crippen molar-refractivity contribution in [3.05, 3.63) is 39.5 Å². The molecule has 0 saturated carbocycles. The van der Waals surface area contributed by atoms with Crippen molar-refractivity contribution in [2.24, 2.45) is 5.73 Å². The summed E-state index contributed by atoms with van der Waals surface area (Å²) in [4.78, 5) is 4.57. The van der Waals surface area contributed by atoms with E-state index in [0.717, 1.165) is 22.2 Å². The Hall–Kier alpha value is -0.830. The Bertz CT molecular complexity index is 565. The van der Waals surface area contributed by atoms with E-state index < -0.39 is 0 Å². The molecule has 0 atom stereocenters. The maximum absolute atomic E-state index is 6.20. The molecule has 0 aliphatic rings. The molecular weight excluding hydrogens is 255 g/mol. The standard InChI is InChI=1S/C13H14Cl2N2/c1-7(2)11-5-8(6-16)9-3-4-10(14)12(15)13(9)17-11/h3-5,7H,6,16H2,1-2H3. The number of hydrogen-bond donors (Lipinski definition) is 1. The minimum Gasteiger partial charge on any atom is -0.326 e. The highest BCUT2D eigenvalue weighted by molar-refractivity contribution is 6.45. The van der Waals surface area contributed by atoms with Crippen LogP contribution >= 0.6 is 23.2 Å². The van der Waals surface area contributed by atoms with Crippen LogP contribution in [-0.4, -0.2) is 4.98 Å². The molecule has 1 aromatic carbocycles. The van der Waals surface area contributed by atoms with E-state index in [2.05, 4.69) is 18.8 Å². The molecule has 1 heterocycles. The molecule has 1 aromatic heterocycles. The van der Waals surface area contributed by atoms with E-state index in [0.29, 0.717) is 22.5 Å². The molecule has 4 heteroatoms. The van der Waals surface area contributed by atoms with Crippen molar-refractivity contribution in [2.45, 2.75) is 26.3 Å². The summed E-state index contributed by atoms with van der Waals surface area (Å²) < 4.78 is 0. The van der Waals surface area contributed by atoms with Crippen LogP contribution in [0.3, 0.4) is 0 Å². The fourth-order valence-electron chi connectivity index (χ4n) is 1.79. The van der Waals surface area contributed by atoms with Crippen LogP contribution < -0.4 is 5.73 Å². The minimum absolute atomic E-state index is 0.333. The smallest absolute Gasteiger partial charge is 0.0910 e. The molecule has 0 aliphatic carbocycles. The number of benzene rings is 1. The molecule has 0 saturated heterocycles. The third-order valence-corrected chi connectivity index (χ3v) is 3.58. The van der Waals surface area contributed by atoms with Crippen LogP contribution in [0.15, 0.2) is 18.2 Å². The molecule has 90 valence electrons. The quantitative estimate of drug-likeness (QED) is 0.890. The zero-order valence-electron chi connectivity index (χ0n) is 9.80.